The van der Waals surface area contributed by atoms with Gasteiger partial charge in [0, 0.05) is 25.4 Å². The van der Waals surface area contributed by atoms with Crippen LogP contribution in [-0.4, -0.2) is 42.3 Å². The second-order valence-electron chi connectivity index (χ2n) is 7.24. The van der Waals surface area contributed by atoms with E-state index in [0.29, 0.717) is 47.9 Å². The number of rotatable bonds is 10. The van der Waals surface area contributed by atoms with Crippen LogP contribution in [0.15, 0.2) is 63.4 Å². The van der Waals surface area contributed by atoms with Crippen molar-refractivity contribution in [2.24, 2.45) is 5.14 Å². The highest BCUT2D eigenvalue weighted by Gasteiger charge is 2.20. The molecule has 2 aromatic carbocycles. The van der Waals surface area contributed by atoms with Crippen LogP contribution >= 0.6 is 11.8 Å². The third-order valence-electron chi connectivity index (χ3n) is 4.78. The van der Waals surface area contributed by atoms with Crippen molar-refractivity contribution in [3.05, 3.63) is 58.9 Å². The number of nitrogens with one attached hydrogen (secondary N) is 1. The molecule has 33 heavy (non-hydrogen) atoms. The number of hydrogen-bond donors (Lipinski definition) is 2. The lowest BCUT2D eigenvalue weighted by molar-refractivity contribution is -0.115. The molecule has 1 heterocycles. The SMILES string of the molecule is CCOCCCn1c(SC(C)C(=O)Nc2cccc(S(N)(=O)=O)c2)nc2ccccc2c1=O. The van der Waals surface area contributed by atoms with E-state index in [2.05, 4.69) is 10.3 Å². The number of sulfonamides is 1. The molecule has 3 N–H and O–H groups in total. The number of fused-ring (bicyclic) bond motifs is 1. The second-order valence-corrected chi connectivity index (χ2v) is 10.1. The van der Waals surface area contributed by atoms with Crippen LogP contribution in [0.1, 0.15) is 20.3 Å². The second kappa shape index (κ2) is 10.9. The predicted octanol–water partition coefficient (Wildman–Crippen LogP) is 2.59. The van der Waals surface area contributed by atoms with Gasteiger partial charge in [-0.1, -0.05) is 30.0 Å². The van der Waals surface area contributed by atoms with Crippen molar-refractivity contribution in [1.82, 2.24) is 9.55 Å². The third-order valence-corrected chi connectivity index (χ3v) is 6.78. The molecular formula is C22H26N4O5S2. The molecule has 0 aliphatic heterocycles. The van der Waals surface area contributed by atoms with Gasteiger partial charge in [-0.3, -0.25) is 14.2 Å². The van der Waals surface area contributed by atoms with Crippen molar-refractivity contribution in [3.8, 4) is 0 Å². The number of aromatic nitrogens is 2. The smallest absolute Gasteiger partial charge is 0.262 e. The Labute approximate surface area is 196 Å². The van der Waals surface area contributed by atoms with Crippen molar-refractivity contribution in [3.63, 3.8) is 0 Å². The van der Waals surface area contributed by atoms with Gasteiger partial charge in [-0.15, -0.1) is 0 Å². The van der Waals surface area contributed by atoms with Crippen LogP contribution in [0.25, 0.3) is 10.9 Å². The highest BCUT2D eigenvalue weighted by Crippen LogP contribution is 2.24. The first-order valence-corrected chi connectivity index (χ1v) is 12.8. The molecule has 3 rings (SSSR count). The van der Waals surface area contributed by atoms with Crippen molar-refractivity contribution in [2.45, 2.75) is 42.1 Å². The Morgan fingerprint density at radius 1 is 1.24 bits per heavy atom. The molecule has 0 aliphatic rings. The fraction of sp³-hybridized carbons (Fsp3) is 0.318. The first-order chi connectivity index (χ1) is 15.7. The maximum Gasteiger partial charge on any atom is 0.262 e. The Morgan fingerprint density at radius 2 is 2.00 bits per heavy atom. The van der Waals surface area contributed by atoms with Crippen LogP contribution in [0.5, 0.6) is 0 Å². The van der Waals surface area contributed by atoms with E-state index >= 15 is 0 Å². The normalized spacial score (nSPS) is 12.6. The lowest BCUT2D eigenvalue weighted by atomic mass is 10.2. The number of carbonyl (C=O) groups excluding carboxylic acids is 1. The number of para-hydroxylation sites is 1. The summed E-state index contributed by atoms with van der Waals surface area (Å²) in [6, 6.07) is 12.8. The van der Waals surface area contributed by atoms with Crippen LogP contribution in [0.3, 0.4) is 0 Å². The van der Waals surface area contributed by atoms with Gasteiger partial charge in [-0.25, -0.2) is 18.5 Å². The van der Waals surface area contributed by atoms with Crippen LogP contribution in [0.2, 0.25) is 0 Å². The van der Waals surface area contributed by atoms with Gasteiger partial charge in [0.05, 0.1) is 21.0 Å². The maximum absolute atomic E-state index is 13.1. The number of nitrogens with two attached hydrogens (primary N) is 1. The molecule has 1 amide bonds. The summed E-state index contributed by atoms with van der Waals surface area (Å²) in [6.07, 6.45) is 0.627. The van der Waals surface area contributed by atoms with E-state index in [1.165, 1.54) is 18.2 Å². The molecule has 0 spiro atoms. The summed E-state index contributed by atoms with van der Waals surface area (Å²) in [7, 11) is -3.89. The van der Waals surface area contributed by atoms with Gasteiger partial charge in [0.25, 0.3) is 5.56 Å². The molecule has 0 saturated carbocycles. The zero-order valence-electron chi connectivity index (χ0n) is 18.4. The van der Waals surface area contributed by atoms with Crippen LogP contribution in [0, 0.1) is 0 Å². The molecule has 1 aromatic heterocycles. The van der Waals surface area contributed by atoms with Crippen LogP contribution in [0.4, 0.5) is 5.69 Å². The van der Waals surface area contributed by atoms with Crippen LogP contribution < -0.4 is 16.0 Å². The maximum atomic E-state index is 13.1. The van der Waals surface area contributed by atoms with E-state index in [4.69, 9.17) is 9.88 Å². The number of ether oxygens (including phenoxy) is 1. The van der Waals surface area contributed by atoms with Gasteiger partial charge in [0.15, 0.2) is 5.16 Å². The Morgan fingerprint density at radius 3 is 2.73 bits per heavy atom. The topological polar surface area (TPSA) is 133 Å². The zero-order valence-corrected chi connectivity index (χ0v) is 20.0. The monoisotopic (exact) mass is 490 g/mol. The van der Waals surface area contributed by atoms with Gasteiger partial charge in [0.2, 0.25) is 15.9 Å². The van der Waals surface area contributed by atoms with Gasteiger partial charge in [0.1, 0.15) is 0 Å². The van der Waals surface area contributed by atoms with Gasteiger partial charge < -0.3 is 10.1 Å². The number of hydrogen-bond acceptors (Lipinski definition) is 7. The highest BCUT2D eigenvalue weighted by molar-refractivity contribution is 8.00. The highest BCUT2D eigenvalue weighted by atomic mass is 32.2. The number of thioether (sulfide) groups is 1. The Kier molecular flexibility index (Phi) is 8.25. The minimum absolute atomic E-state index is 0.0973. The van der Waals surface area contributed by atoms with Crippen molar-refractivity contribution >= 4 is 44.3 Å². The summed E-state index contributed by atoms with van der Waals surface area (Å²) >= 11 is 1.16. The summed E-state index contributed by atoms with van der Waals surface area (Å²) in [5.41, 5.74) is 0.687. The number of carbonyl (C=O) groups is 1. The molecule has 1 unspecified atom stereocenters. The molecule has 3 aromatic rings. The number of nitrogens with zero attached hydrogens (tertiary/aromatic N) is 2. The number of benzene rings is 2. The number of amides is 1. The summed E-state index contributed by atoms with van der Waals surface area (Å²) < 4.78 is 30.1. The summed E-state index contributed by atoms with van der Waals surface area (Å²) in [5.74, 6) is -0.366. The Hall–Kier alpha value is -2.73. The van der Waals surface area contributed by atoms with E-state index in [9.17, 15) is 18.0 Å². The molecule has 0 bridgehead atoms. The lowest BCUT2D eigenvalue weighted by Gasteiger charge is -2.16. The van der Waals surface area contributed by atoms with Gasteiger partial charge in [-0.05, 0) is 50.6 Å². The fourth-order valence-corrected chi connectivity index (χ4v) is 4.60. The standard InChI is InChI=1S/C22H26N4O5S2/c1-3-31-13-7-12-26-21(28)18-10-4-5-11-19(18)25-22(26)32-15(2)20(27)24-16-8-6-9-17(14-16)33(23,29)30/h4-6,8-11,14-15H,3,7,12-13H2,1-2H3,(H,24,27)(H2,23,29,30). The van der Waals surface area contributed by atoms with E-state index in [1.807, 2.05) is 6.92 Å². The first-order valence-electron chi connectivity index (χ1n) is 10.4. The summed E-state index contributed by atoms with van der Waals surface area (Å²) in [6.45, 7) is 5.11. The average molecular weight is 491 g/mol. The molecule has 0 radical (unpaired) electrons. The van der Waals surface area contributed by atoms with Gasteiger partial charge >= 0.3 is 0 Å². The largest absolute Gasteiger partial charge is 0.382 e. The van der Waals surface area contributed by atoms with Crippen molar-refractivity contribution < 1.29 is 17.9 Å². The minimum atomic E-state index is -3.89. The zero-order chi connectivity index (χ0) is 24.0. The van der Waals surface area contributed by atoms with E-state index in [1.54, 1.807) is 41.8 Å². The average Bonchev–Trinajstić information content (AvgIpc) is 2.78. The number of primary sulfonamides is 1. The molecule has 0 aliphatic carbocycles. The van der Waals surface area contributed by atoms with Crippen molar-refractivity contribution in [1.29, 1.82) is 0 Å². The minimum Gasteiger partial charge on any atom is -0.382 e. The Bertz CT molecular complexity index is 1310. The first kappa shape index (κ1) is 24.9. The molecule has 1 atom stereocenters. The molecule has 11 heteroatoms. The third kappa shape index (κ3) is 6.41. The Balaban J connectivity index is 1.83. The number of anilines is 1. The van der Waals surface area contributed by atoms with E-state index in [0.717, 1.165) is 11.8 Å². The summed E-state index contributed by atoms with van der Waals surface area (Å²) in [4.78, 5) is 30.4. The predicted molar refractivity (Wildman–Crippen MR) is 129 cm³/mol. The molecular weight excluding hydrogens is 464 g/mol. The van der Waals surface area contributed by atoms with E-state index < -0.39 is 15.3 Å². The quantitative estimate of drug-likeness (QED) is 0.253. The van der Waals surface area contributed by atoms with E-state index in [-0.39, 0.29) is 16.4 Å². The molecule has 176 valence electrons. The molecule has 0 fully saturated rings. The van der Waals surface area contributed by atoms with Gasteiger partial charge in [-0.2, -0.15) is 0 Å². The summed E-state index contributed by atoms with van der Waals surface area (Å²) in [5, 5.41) is 8.17. The lowest BCUT2D eigenvalue weighted by Crippen LogP contribution is -2.27. The molecule has 0 saturated heterocycles. The van der Waals surface area contributed by atoms with Crippen LogP contribution in [-0.2, 0) is 26.1 Å². The van der Waals surface area contributed by atoms with Crippen molar-refractivity contribution in [2.75, 3.05) is 18.5 Å². The molecule has 9 nitrogen and oxygen atoms in total. The fourth-order valence-electron chi connectivity index (χ4n) is 3.11.